The molecule has 1 unspecified atom stereocenters. The maximum absolute atomic E-state index is 12.6. The summed E-state index contributed by atoms with van der Waals surface area (Å²) in [7, 11) is 0. The Kier molecular flexibility index (Phi) is 5.16. The summed E-state index contributed by atoms with van der Waals surface area (Å²) in [4.78, 5) is 29.6. The predicted molar refractivity (Wildman–Crippen MR) is 100 cm³/mol. The lowest BCUT2D eigenvalue weighted by Crippen LogP contribution is -2.40. The molecule has 1 amide bonds. The van der Waals surface area contributed by atoms with Gasteiger partial charge in [-0.25, -0.2) is 4.98 Å². The third-order valence-electron chi connectivity index (χ3n) is 4.67. The zero-order valence-electron chi connectivity index (χ0n) is 14.9. The van der Waals surface area contributed by atoms with Crippen LogP contribution in [0.5, 0.6) is 0 Å². The molecule has 1 aromatic heterocycles. The van der Waals surface area contributed by atoms with E-state index in [-0.39, 0.29) is 22.4 Å². The molecule has 1 aliphatic heterocycles. The van der Waals surface area contributed by atoms with Crippen LogP contribution in [0, 0.1) is 29.9 Å². The number of carbonyl (C=O) groups is 1. The van der Waals surface area contributed by atoms with Gasteiger partial charge in [-0.15, -0.1) is 0 Å². The number of hydrogen-bond donors (Lipinski definition) is 1. The SMILES string of the molecule is Cc1cccc(NC(=O)C2CCCN(c3ccc([N+](=O)[O-])c(C)c3)C2)n1. The smallest absolute Gasteiger partial charge is 0.272 e. The molecule has 1 atom stereocenters. The first-order valence-corrected chi connectivity index (χ1v) is 8.68. The van der Waals surface area contributed by atoms with Crippen molar-refractivity contribution < 1.29 is 9.72 Å². The average Bonchev–Trinajstić information content (AvgIpc) is 2.61. The van der Waals surface area contributed by atoms with Gasteiger partial charge in [-0.2, -0.15) is 0 Å². The number of benzene rings is 1. The minimum absolute atomic E-state index is 0.0357. The van der Waals surface area contributed by atoms with E-state index in [2.05, 4.69) is 15.2 Å². The number of amides is 1. The lowest BCUT2D eigenvalue weighted by molar-refractivity contribution is -0.385. The van der Waals surface area contributed by atoms with Crippen molar-refractivity contribution in [2.24, 2.45) is 5.92 Å². The van der Waals surface area contributed by atoms with Crippen molar-refractivity contribution in [2.75, 3.05) is 23.3 Å². The number of pyridine rings is 1. The molecule has 1 saturated heterocycles. The van der Waals surface area contributed by atoms with Crippen molar-refractivity contribution >= 4 is 23.1 Å². The van der Waals surface area contributed by atoms with E-state index in [9.17, 15) is 14.9 Å². The Morgan fingerprint density at radius 1 is 1.31 bits per heavy atom. The molecule has 3 rings (SSSR count). The summed E-state index contributed by atoms with van der Waals surface area (Å²) in [5.41, 5.74) is 2.52. The van der Waals surface area contributed by atoms with Crippen molar-refractivity contribution in [2.45, 2.75) is 26.7 Å². The zero-order valence-corrected chi connectivity index (χ0v) is 14.9. The fourth-order valence-corrected chi connectivity index (χ4v) is 3.31. The summed E-state index contributed by atoms with van der Waals surface area (Å²) in [5.74, 6) is 0.395. The summed E-state index contributed by atoms with van der Waals surface area (Å²) >= 11 is 0. The number of rotatable bonds is 4. The number of nitrogens with one attached hydrogen (secondary N) is 1. The van der Waals surface area contributed by atoms with Crippen LogP contribution < -0.4 is 10.2 Å². The summed E-state index contributed by atoms with van der Waals surface area (Å²) < 4.78 is 0. The normalized spacial score (nSPS) is 17.0. The monoisotopic (exact) mass is 354 g/mol. The lowest BCUT2D eigenvalue weighted by Gasteiger charge is -2.33. The minimum atomic E-state index is -0.375. The van der Waals surface area contributed by atoms with Gasteiger partial charge in [-0.3, -0.25) is 14.9 Å². The first kappa shape index (κ1) is 17.8. The van der Waals surface area contributed by atoms with E-state index in [1.807, 2.05) is 25.1 Å². The van der Waals surface area contributed by atoms with Crippen molar-refractivity contribution in [1.82, 2.24) is 4.98 Å². The molecule has 1 N–H and O–H groups in total. The maximum atomic E-state index is 12.6. The van der Waals surface area contributed by atoms with Crippen LogP contribution in [0.3, 0.4) is 0 Å². The topological polar surface area (TPSA) is 88.4 Å². The Balaban J connectivity index is 1.70. The van der Waals surface area contributed by atoms with Gasteiger partial charge in [0.2, 0.25) is 5.91 Å². The highest BCUT2D eigenvalue weighted by Crippen LogP contribution is 2.28. The Morgan fingerprint density at radius 2 is 2.12 bits per heavy atom. The van der Waals surface area contributed by atoms with Gasteiger partial charge in [-0.1, -0.05) is 6.07 Å². The van der Waals surface area contributed by atoms with E-state index in [0.29, 0.717) is 17.9 Å². The fraction of sp³-hybridized carbons (Fsp3) is 0.368. The van der Waals surface area contributed by atoms with E-state index in [4.69, 9.17) is 0 Å². The highest BCUT2D eigenvalue weighted by atomic mass is 16.6. The Hall–Kier alpha value is -2.96. The van der Waals surface area contributed by atoms with Crippen LogP contribution in [0.4, 0.5) is 17.2 Å². The van der Waals surface area contributed by atoms with Crippen molar-refractivity contribution in [3.05, 3.63) is 57.8 Å². The molecule has 7 nitrogen and oxygen atoms in total. The molecular formula is C19H22N4O3. The summed E-state index contributed by atoms with van der Waals surface area (Å²) in [6.07, 6.45) is 1.72. The number of nitro groups is 1. The van der Waals surface area contributed by atoms with E-state index in [1.54, 1.807) is 19.1 Å². The van der Waals surface area contributed by atoms with Gasteiger partial charge in [0.25, 0.3) is 5.69 Å². The van der Waals surface area contributed by atoms with E-state index < -0.39 is 0 Å². The lowest BCUT2D eigenvalue weighted by atomic mass is 9.96. The molecule has 0 saturated carbocycles. The Labute approximate surface area is 152 Å². The van der Waals surface area contributed by atoms with Gasteiger partial charge < -0.3 is 10.2 Å². The quantitative estimate of drug-likeness (QED) is 0.671. The van der Waals surface area contributed by atoms with Crippen LogP contribution >= 0.6 is 0 Å². The fourth-order valence-electron chi connectivity index (χ4n) is 3.31. The molecule has 136 valence electrons. The van der Waals surface area contributed by atoms with Gasteiger partial charge in [0, 0.05) is 36.1 Å². The summed E-state index contributed by atoms with van der Waals surface area (Å²) in [6.45, 7) is 5.05. The first-order chi connectivity index (χ1) is 12.4. The molecule has 1 aromatic carbocycles. The van der Waals surface area contributed by atoms with Crippen molar-refractivity contribution in [1.29, 1.82) is 0 Å². The second kappa shape index (κ2) is 7.51. The summed E-state index contributed by atoms with van der Waals surface area (Å²) in [6, 6.07) is 10.6. The van der Waals surface area contributed by atoms with E-state index >= 15 is 0 Å². The molecule has 0 aliphatic carbocycles. The number of carbonyl (C=O) groups excluding carboxylic acids is 1. The van der Waals surface area contributed by atoms with Crippen molar-refractivity contribution in [3.63, 3.8) is 0 Å². The van der Waals surface area contributed by atoms with Crippen molar-refractivity contribution in [3.8, 4) is 0 Å². The summed E-state index contributed by atoms with van der Waals surface area (Å²) in [5, 5.41) is 13.9. The molecular weight excluding hydrogens is 332 g/mol. The molecule has 2 aromatic rings. The van der Waals surface area contributed by atoms with Crippen LogP contribution in [0.25, 0.3) is 0 Å². The first-order valence-electron chi connectivity index (χ1n) is 8.68. The van der Waals surface area contributed by atoms with Gasteiger partial charge >= 0.3 is 0 Å². The number of anilines is 2. The van der Waals surface area contributed by atoms with E-state index in [0.717, 1.165) is 30.8 Å². The molecule has 7 heteroatoms. The number of nitro benzene ring substituents is 1. The minimum Gasteiger partial charge on any atom is -0.371 e. The van der Waals surface area contributed by atoms with Crippen LogP contribution in [0.1, 0.15) is 24.1 Å². The zero-order chi connectivity index (χ0) is 18.7. The molecule has 26 heavy (non-hydrogen) atoms. The number of hydrogen-bond acceptors (Lipinski definition) is 5. The van der Waals surface area contributed by atoms with Crippen LogP contribution in [0.15, 0.2) is 36.4 Å². The van der Waals surface area contributed by atoms with Crippen LogP contribution in [-0.2, 0) is 4.79 Å². The number of aryl methyl sites for hydroxylation is 2. The second-order valence-corrected chi connectivity index (χ2v) is 6.67. The molecule has 2 heterocycles. The molecule has 1 aliphatic rings. The second-order valence-electron chi connectivity index (χ2n) is 6.67. The van der Waals surface area contributed by atoms with Gasteiger partial charge in [0.1, 0.15) is 5.82 Å². The number of aromatic nitrogens is 1. The average molecular weight is 354 g/mol. The number of piperidine rings is 1. The molecule has 0 bridgehead atoms. The Morgan fingerprint density at radius 3 is 2.81 bits per heavy atom. The van der Waals surface area contributed by atoms with Crippen LogP contribution in [-0.4, -0.2) is 28.9 Å². The van der Waals surface area contributed by atoms with E-state index in [1.165, 1.54) is 6.07 Å². The maximum Gasteiger partial charge on any atom is 0.272 e. The predicted octanol–water partition coefficient (Wildman–Crippen LogP) is 3.46. The molecule has 1 fully saturated rings. The van der Waals surface area contributed by atoms with Gasteiger partial charge in [0.15, 0.2) is 0 Å². The highest BCUT2D eigenvalue weighted by Gasteiger charge is 2.27. The largest absolute Gasteiger partial charge is 0.371 e. The third-order valence-corrected chi connectivity index (χ3v) is 4.67. The number of nitrogens with zero attached hydrogens (tertiary/aromatic N) is 3. The third kappa shape index (κ3) is 3.99. The molecule has 0 spiro atoms. The Bertz CT molecular complexity index is 837. The van der Waals surface area contributed by atoms with Gasteiger partial charge in [-0.05, 0) is 51.0 Å². The molecule has 0 radical (unpaired) electrons. The highest BCUT2D eigenvalue weighted by molar-refractivity contribution is 5.92. The van der Waals surface area contributed by atoms with Gasteiger partial charge in [0.05, 0.1) is 10.8 Å². The standard InChI is InChI=1S/C19H22N4O3/c1-13-11-16(8-9-17(13)23(25)26)22-10-4-6-15(12-22)19(24)21-18-7-3-5-14(2)20-18/h3,5,7-9,11,15H,4,6,10,12H2,1-2H3,(H,20,21,24). The van der Waals surface area contributed by atoms with Crippen LogP contribution in [0.2, 0.25) is 0 Å².